The molecule has 0 aliphatic carbocycles. The van der Waals surface area contributed by atoms with Crippen molar-refractivity contribution in [2.75, 3.05) is 6.54 Å². The van der Waals surface area contributed by atoms with E-state index in [-0.39, 0.29) is 5.82 Å². The average molecular weight is 312 g/mol. The standard InChI is InChI=1S/C18H17FN2S/c1-12-5-6-15(19)9-17(12)22-21-11-14-7-8-20-10-13-3-2-4-16(21)18(13)14/h2-6,9,11,20H,7-8,10H2,1H3. The molecule has 4 heteroatoms. The zero-order valence-corrected chi connectivity index (χ0v) is 13.2. The fourth-order valence-electron chi connectivity index (χ4n) is 3.05. The van der Waals surface area contributed by atoms with Gasteiger partial charge in [-0.1, -0.05) is 18.2 Å². The highest BCUT2D eigenvalue weighted by molar-refractivity contribution is 7.98. The van der Waals surface area contributed by atoms with Crippen molar-refractivity contribution in [3.05, 3.63) is 65.1 Å². The summed E-state index contributed by atoms with van der Waals surface area (Å²) in [7, 11) is 0. The molecule has 0 fully saturated rings. The van der Waals surface area contributed by atoms with Crippen LogP contribution in [0.15, 0.2) is 47.5 Å². The Hall–Kier alpha value is -1.78. The molecule has 1 N–H and O–H groups in total. The molecule has 0 unspecified atom stereocenters. The molecular formula is C18H17FN2S. The first-order valence-electron chi connectivity index (χ1n) is 7.49. The number of benzene rings is 2. The third kappa shape index (κ3) is 2.32. The summed E-state index contributed by atoms with van der Waals surface area (Å²) in [6, 6.07) is 11.4. The van der Waals surface area contributed by atoms with E-state index >= 15 is 0 Å². The predicted octanol–water partition coefficient (Wildman–Crippen LogP) is 4.29. The van der Waals surface area contributed by atoms with Gasteiger partial charge in [0.05, 0.1) is 5.52 Å². The molecule has 0 spiro atoms. The second-order valence-electron chi connectivity index (χ2n) is 5.72. The fraction of sp³-hybridized carbons (Fsp3) is 0.222. The molecule has 2 nitrogen and oxygen atoms in total. The van der Waals surface area contributed by atoms with E-state index in [0.29, 0.717) is 0 Å². The molecule has 0 saturated heterocycles. The number of hydrogen-bond acceptors (Lipinski definition) is 2. The normalized spacial score (nSPS) is 14.3. The minimum Gasteiger partial charge on any atom is -0.312 e. The smallest absolute Gasteiger partial charge is 0.124 e. The van der Waals surface area contributed by atoms with Crippen molar-refractivity contribution in [2.45, 2.75) is 24.8 Å². The molecule has 3 aromatic rings. The van der Waals surface area contributed by atoms with Crippen molar-refractivity contribution < 1.29 is 4.39 Å². The molecule has 0 atom stereocenters. The zero-order chi connectivity index (χ0) is 15.1. The SMILES string of the molecule is Cc1ccc(F)cc1Sn1cc2c3c(cccc31)CNCC2. The number of aromatic nitrogens is 1. The van der Waals surface area contributed by atoms with Crippen LogP contribution in [0.2, 0.25) is 0 Å². The summed E-state index contributed by atoms with van der Waals surface area (Å²) >= 11 is 1.59. The van der Waals surface area contributed by atoms with Crippen LogP contribution in [0.4, 0.5) is 4.39 Å². The Morgan fingerprint density at radius 1 is 1.18 bits per heavy atom. The Balaban J connectivity index is 1.84. The van der Waals surface area contributed by atoms with E-state index in [1.165, 1.54) is 28.1 Å². The lowest BCUT2D eigenvalue weighted by molar-refractivity contribution is 0.623. The van der Waals surface area contributed by atoms with Crippen molar-refractivity contribution >= 4 is 22.9 Å². The Labute approximate surface area is 133 Å². The third-order valence-electron chi connectivity index (χ3n) is 4.19. The Morgan fingerprint density at radius 2 is 2.09 bits per heavy atom. The van der Waals surface area contributed by atoms with Gasteiger partial charge < -0.3 is 5.32 Å². The van der Waals surface area contributed by atoms with Crippen LogP contribution in [0, 0.1) is 12.7 Å². The van der Waals surface area contributed by atoms with E-state index in [2.05, 4.69) is 33.7 Å². The quantitative estimate of drug-likeness (QED) is 0.760. The van der Waals surface area contributed by atoms with Crippen LogP contribution in [0.3, 0.4) is 0 Å². The van der Waals surface area contributed by atoms with Gasteiger partial charge in [-0.3, -0.25) is 3.97 Å². The molecule has 0 saturated carbocycles. The van der Waals surface area contributed by atoms with Gasteiger partial charge in [-0.25, -0.2) is 4.39 Å². The van der Waals surface area contributed by atoms with E-state index in [4.69, 9.17) is 0 Å². The maximum Gasteiger partial charge on any atom is 0.124 e. The van der Waals surface area contributed by atoms with Crippen molar-refractivity contribution in [1.29, 1.82) is 0 Å². The minimum atomic E-state index is -0.184. The molecule has 2 heterocycles. The van der Waals surface area contributed by atoms with Crippen molar-refractivity contribution in [3.63, 3.8) is 0 Å². The van der Waals surface area contributed by atoms with Crippen LogP contribution in [0.1, 0.15) is 16.7 Å². The Kier molecular flexibility index (Phi) is 3.43. The summed E-state index contributed by atoms with van der Waals surface area (Å²) in [5.41, 5.74) is 5.03. The van der Waals surface area contributed by atoms with Crippen molar-refractivity contribution in [2.24, 2.45) is 0 Å². The molecular weight excluding hydrogens is 295 g/mol. The molecule has 0 bridgehead atoms. The number of aryl methyl sites for hydroxylation is 1. The minimum absolute atomic E-state index is 0.184. The molecule has 0 amide bonds. The van der Waals surface area contributed by atoms with Crippen LogP contribution in [0.25, 0.3) is 10.9 Å². The molecule has 2 aromatic carbocycles. The Bertz CT molecular complexity index is 854. The molecule has 0 radical (unpaired) electrons. The first-order chi connectivity index (χ1) is 10.7. The van der Waals surface area contributed by atoms with Gasteiger partial charge in [0.1, 0.15) is 5.82 Å². The van der Waals surface area contributed by atoms with E-state index in [9.17, 15) is 4.39 Å². The molecule has 1 aromatic heterocycles. The van der Waals surface area contributed by atoms with E-state index in [1.54, 1.807) is 18.0 Å². The third-order valence-corrected chi connectivity index (χ3v) is 5.33. The highest BCUT2D eigenvalue weighted by Gasteiger charge is 2.16. The van der Waals surface area contributed by atoms with Crippen LogP contribution in [0.5, 0.6) is 0 Å². The zero-order valence-electron chi connectivity index (χ0n) is 12.4. The molecule has 1 aliphatic heterocycles. The van der Waals surface area contributed by atoms with E-state index in [1.807, 2.05) is 13.0 Å². The average Bonchev–Trinajstić information content (AvgIpc) is 2.72. The highest BCUT2D eigenvalue weighted by atomic mass is 32.2. The van der Waals surface area contributed by atoms with Crippen molar-refractivity contribution in [3.8, 4) is 0 Å². The summed E-state index contributed by atoms with van der Waals surface area (Å²) in [4.78, 5) is 0.962. The highest BCUT2D eigenvalue weighted by Crippen LogP contribution is 2.34. The number of nitrogens with one attached hydrogen (secondary N) is 1. The second kappa shape index (κ2) is 5.45. The van der Waals surface area contributed by atoms with Gasteiger partial charge in [0.15, 0.2) is 0 Å². The number of hydrogen-bond donors (Lipinski definition) is 1. The van der Waals surface area contributed by atoms with Crippen LogP contribution in [-0.4, -0.2) is 10.5 Å². The maximum absolute atomic E-state index is 13.5. The van der Waals surface area contributed by atoms with Gasteiger partial charge in [0.2, 0.25) is 0 Å². The topological polar surface area (TPSA) is 17.0 Å². The van der Waals surface area contributed by atoms with Crippen LogP contribution >= 0.6 is 11.9 Å². The lowest BCUT2D eigenvalue weighted by Crippen LogP contribution is -2.13. The number of nitrogens with zero attached hydrogens (tertiary/aromatic N) is 1. The summed E-state index contributed by atoms with van der Waals surface area (Å²) < 4.78 is 15.7. The van der Waals surface area contributed by atoms with Crippen LogP contribution in [-0.2, 0) is 13.0 Å². The Morgan fingerprint density at radius 3 is 3.00 bits per heavy atom. The van der Waals surface area contributed by atoms with E-state index < -0.39 is 0 Å². The summed E-state index contributed by atoms with van der Waals surface area (Å²) in [5.74, 6) is -0.184. The first-order valence-corrected chi connectivity index (χ1v) is 8.27. The van der Waals surface area contributed by atoms with Crippen LogP contribution < -0.4 is 5.32 Å². The predicted molar refractivity (Wildman–Crippen MR) is 89.7 cm³/mol. The van der Waals surface area contributed by atoms with Gasteiger partial charge in [0, 0.05) is 23.0 Å². The van der Waals surface area contributed by atoms with Crippen molar-refractivity contribution in [1.82, 2.24) is 9.29 Å². The number of rotatable bonds is 2. The lowest BCUT2D eigenvalue weighted by atomic mass is 10.1. The summed E-state index contributed by atoms with van der Waals surface area (Å²) in [6.45, 7) is 3.93. The van der Waals surface area contributed by atoms with Gasteiger partial charge in [-0.15, -0.1) is 0 Å². The van der Waals surface area contributed by atoms with Gasteiger partial charge in [-0.05, 0) is 66.7 Å². The molecule has 112 valence electrons. The van der Waals surface area contributed by atoms with E-state index in [0.717, 1.165) is 30.0 Å². The summed E-state index contributed by atoms with van der Waals surface area (Å²) in [6.07, 6.45) is 3.24. The second-order valence-corrected chi connectivity index (χ2v) is 6.74. The number of halogens is 1. The fourth-order valence-corrected chi connectivity index (χ4v) is 4.07. The largest absolute Gasteiger partial charge is 0.312 e. The van der Waals surface area contributed by atoms with Gasteiger partial charge >= 0.3 is 0 Å². The first kappa shape index (κ1) is 13.9. The molecule has 4 rings (SSSR count). The lowest BCUT2D eigenvalue weighted by Gasteiger charge is -2.09. The molecule has 22 heavy (non-hydrogen) atoms. The molecule has 1 aliphatic rings. The van der Waals surface area contributed by atoms with Gasteiger partial charge in [-0.2, -0.15) is 0 Å². The monoisotopic (exact) mass is 312 g/mol. The summed E-state index contributed by atoms with van der Waals surface area (Å²) in [5, 5.41) is 4.82. The van der Waals surface area contributed by atoms with Gasteiger partial charge in [0.25, 0.3) is 0 Å². The maximum atomic E-state index is 13.5.